The molecule has 0 aliphatic rings. The van der Waals surface area contributed by atoms with Crippen molar-refractivity contribution >= 4 is 17.7 Å². The highest BCUT2D eigenvalue weighted by Gasteiger charge is 2.21. The Balaban J connectivity index is 1.79. The summed E-state index contributed by atoms with van der Waals surface area (Å²) < 4.78 is 10.5. The molecule has 0 spiro atoms. The molecule has 2 aromatic rings. The van der Waals surface area contributed by atoms with Crippen LogP contribution in [0.3, 0.4) is 0 Å². The third kappa shape index (κ3) is 6.58. The van der Waals surface area contributed by atoms with Gasteiger partial charge in [-0.3, -0.25) is 9.59 Å². The first kappa shape index (κ1) is 20.2. The minimum Gasteiger partial charge on any atom is -0.482 e. The van der Waals surface area contributed by atoms with E-state index in [4.69, 9.17) is 9.47 Å². The number of amides is 1. The van der Waals surface area contributed by atoms with Gasteiger partial charge in [0.05, 0.1) is 0 Å². The van der Waals surface area contributed by atoms with E-state index in [-0.39, 0.29) is 18.3 Å². The van der Waals surface area contributed by atoms with Crippen LogP contribution >= 0.6 is 0 Å². The zero-order valence-electron chi connectivity index (χ0n) is 15.4. The van der Waals surface area contributed by atoms with Crippen molar-refractivity contribution in [3.05, 3.63) is 65.7 Å². The number of Topliss-reactive ketones (excluding diaryl/α,β-unsaturated/α-hetero) is 1. The van der Waals surface area contributed by atoms with Gasteiger partial charge in [0.25, 0.3) is 5.91 Å². The van der Waals surface area contributed by atoms with Crippen LogP contribution in [-0.2, 0) is 20.9 Å². The molecule has 0 bridgehead atoms. The molecule has 0 fully saturated rings. The van der Waals surface area contributed by atoms with Crippen molar-refractivity contribution in [1.29, 1.82) is 0 Å². The van der Waals surface area contributed by atoms with Crippen LogP contribution in [0.2, 0.25) is 0 Å². The van der Waals surface area contributed by atoms with Gasteiger partial charge in [-0.15, -0.1) is 0 Å². The zero-order valence-corrected chi connectivity index (χ0v) is 15.4. The van der Waals surface area contributed by atoms with E-state index < -0.39 is 12.1 Å². The molecule has 1 amide bonds. The maximum Gasteiger partial charge on any atom is 0.344 e. The summed E-state index contributed by atoms with van der Waals surface area (Å²) in [7, 11) is 0. The first-order chi connectivity index (χ1) is 13.0. The molecule has 0 aliphatic carbocycles. The first-order valence-electron chi connectivity index (χ1n) is 8.74. The minimum atomic E-state index is -0.870. The molecule has 6 nitrogen and oxygen atoms in total. The van der Waals surface area contributed by atoms with Gasteiger partial charge in [0.1, 0.15) is 5.75 Å². The Labute approximate surface area is 158 Å². The number of benzene rings is 2. The maximum absolute atomic E-state index is 12.2. The Hall–Kier alpha value is -3.15. The van der Waals surface area contributed by atoms with Crippen molar-refractivity contribution in [2.45, 2.75) is 32.9 Å². The number of carbonyl (C=O) groups excluding carboxylic acids is 3. The van der Waals surface area contributed by atoms with Crippen molar-refractivity contribution < 1.29 is 23.9 Å². The van der Waals surface area contributed by atoms with Gasteiger partial charge in [-0.05, 0) is 43.2 Å². The van der Waals surface area contributed by atoms with E-state index in [0.717, 1.165) is 5.56 Å². The Morgan fingerprint density at radius 1 is 1.00 bits per heavy atom. The Kier molecular flexibility index (Phi) is 7.55. The molecule has 1 N–H and O–H groups in total. The monoisotopic (exact) mass is 369 g/mol. The van der Waals surface area contributed by atoms with Crippen LogP contribution in [0.1, 0.15) is 36.2 Å². The summed E-state index contributed by atoms with van der Waals surface area (Å²) in [5, 5.41) is 2.76. The third-order valence-corrected chi connectivity index (χ3v) is 3.86. The van der Waals surface area contributed by atoms with Gasteiger partial charge < -0.3 is 14.8 Å². The summed E-state index contributed by atoms with van der Waals surface area (Å²) in [6.45, 7) is 3.29. The standard InChI is InChI=1S/C21H23NO5/c1-3-19(21(25)22-13-16-7-5-4-6-8-16)27-20(24)14-26-18-11-9-17(10-12-18)15(2)23/h4-12,19H,3,13-14H2,1-2H3,(H,22,25). The minimum absolute atomic E-state index is 0.0479. The molecule has 27 heavy (non-hydrogen) atoms. The van der Waals surface area contributed by atoms with E-state index in [1.54, 1.807) is 31.2 Å². The fourth-order valence-electron chi connectivity index (χ4n) is 2.34. The normalized spacial score (nSPS) is 11.3. The number of hydrogen-bond donors (Lipinski definition) is 1. The fourth-order valence-corrected chi connectivity index (χ4v) is 2.34. The average molecular weight is 369 g/mol. The van der Waals surface area contributed by atoms with Gasteiger partial charge in [-0.1, -0.05) is 37.3 Å². The number of hydrogen-bond acceptors (Lipinski definition) is 5. The van der Waals surface area contributed by atoms with Crippen LogP contribution in [0.5, 0.6) is 5.75 Å². The van der Waals surface area contributed by atoms with Crippen LogP contribution in [0.4, 0.5) is 0 Å². The summed E-state index contributed by atoms with van der Waals surface area (Å²) >= 11 is 0. The molecular formula is C21H23NO5. The zero-order chi connectivity index (χ0) is 19.6. The second-order valence-corrected chi connectivity index (χ2v) is 5.96. The van der Waals surface area contributed by atoms with Gasteiger partial charge in [0, 0.05) is 12.1 Å². The number of nitrogens with one attached hydrogen (secondary N) is 1. The SMILES string of the molecule is CCC(OC(=O)COc1ccc(C(C)=O)cc1)C(=O)NCc1ccccc1. The third-order valence-electron chi connectivity index (χ3n) is 3.86. The molecule has 0 heterocycles. The molecule has 2 aromatic carbocycles. The molecule has 0 radical (unpaired) electrons. The molecular weight excluding hydrogens is 346 g/mol. The van der Waals surface area contributed by atoms with Crippen LogP contribution in [0.25, 0.3) is 0 Å². The number of ether oxygens (including phenoxy) is 2. The molecule has 2 rings (SSSR count). The highest BCUT2D eigenvalue weighted by Crippen LogP contribution is 2.13. The number of carbonyl (C=O) groups is 3. The summed E-state index contributed by atoms with van der Waals surface area (Å²) in [6.07, 6.45) is -0.510. The fraction of sp³-hybridized carbons (Fsp3) is 0.286. The maximum atomic E-state index is 12.2. The van der Waals surface area contributed by atoms with Crippen molar-refractivity contribution in [3.63, 3.8) is 0 Å². The lowest BCUT2D eigenvalue weighted by Gasteiger charge is -2.16. The summed E-state index contributed by atoms with van der Waals surface area (Å²) in [4.78, 5) is 35.4. The predicted molar refractivity (Wildman–Crippen MR) is 100 cm³/mol. The molecule has 0 aromatic heterocycles. The van der Waals surface area contributed by atoms with Gasteiger partial charge in [0.15, 0.2) is 18.5 Å². The van der Waals surface area contributed by atoms with Crippen LogP contribution in [0, 0.1) is 0 Å². The number of ketones is 1. The van der Waals surface area contributed by atoms with E-state index >= 15 is 0 Å². The quantitative estimate of drug-likeness (QED) is 0.543. The van der Waals surface area contributed by atoms with E-state index in [1.807, 2.05) is 30.3 Å². The highest BCUT2D eigenvalue weighted by atomic mass is 16.6. The Morgan fingerprint density at radius 3 is 2.26 bits per heavy atom. The molecule has 142 valence electrons. The van der Waals surface area contributed by atoms with Crippen LogP contribution < -0.4 is 10.1 Å². The second-order valence-electron chi connectivity index (χ2n) is 5.96. The first-order valence-corrected chi connectivity index (χ1v) is 8.74. The van der Waals surface area contributed by atoms with E-state index in [0.29, 0.717) is 24.3 Å². The van der Waals surface area contributed by atoms with Crippen molar-refractivity contribution in [2.75, 3.05) is 6.61 Å². The molecule has 0 aliphatic heterocycles. The van der Waals surface area contributed by atoms with Crippen LogP contribution in [0.15, 0.2) is 54.6 Å². The van der Waals surface area contributed by atoms with Gasteiger partial charge in [-0.25, -0.2) is 4.79 Å². The highest BCUT2D eigenvalue weighted by molar-refractivity contribution is 5.94. The van der Waals surface area contributed by atoms with E-state index in [2.05, 4.69) is 5.32 Å². The average Bonchev–Trinajstić information content (AvgIpc) is 2.69. The Morgan fingerprint density at radius 2 is 1.67 bits per heavy atom. The molecule has 0 saturated carbocycles. The lowest BCUT2D eigenvalue weighted by molar-refractivity contribution is -0.158. The van der Waals surface area contributed by atoms with E-state index in [9.17, 15) is 14.4 Å². The van der Waals surface area contributed by atoms with Crippen molar-refractivity contribution in [1.82, 2.24) is 5.32 Å². The second kappa shape index (κ2) is 10.1. The van der Waals surface area contributed by atoms with Gasteiger partial charge in [0.2, 0.25) is 0 Å². The Bertz CT molecular complexity index is 771. The number of rotatable bonds is 9. The molecule has 1 atom stereocenters. The summed E-state index contributed by atoms with van der Waals surface area (Å²) in [6, 6.07) is 15.9. The topological polar surface area (TPSA) is 81.7 Å². The molecule has 1 unspecified atom stereocenters. The summed E-state index contributed by atoms with van der Waals surface area (Å²) in [5.41, 5.74) is 1.52. The summed E-state index contributed by atoms with van der Waals surface area (Å²) in [5.74, 6) is -0.584. The lowest BCUT2D eigenvalue weighted by Crippen LogP contribution is -2.38. The smallest absolute Gasteiger partial charge is 0.344 e. The molecule has 0 saturated heterocycles. The number of esters is 1. The van der Waals surface area contributed by atoms with E-state index in [1.165, 1.54) is 6.92 Å². The van der Waals surface area contributed by atoms with Gasteiger partial charge >= 0.3 is 5.97 Å². The van der Waals surface area contributed by atoms with Crippen molar-refractivity contribution in [2.24, 2.45) is 0 Å². The molecule has 6 heteroatoms. The van der Waals surface area contributed by atoms with Crippen LogP contribution in [-0.4, -0.2) is 30.4 Å². The largest absolute Gasteiger partial charge is 0.482 e. The predicted octanol–water partition coefficient (Wildman–Crippen LogP) is 2.91. The van der Waals surface area contributed by atoms with Gasteiger partial charge in [-0.2, -0.15) is 0 Å². The lowest BCUT2D eigenvalue weighted by atomic mass is 10.1. The van der Waals surface area contributed by atoms with Crippen molar-refractivity contribution in [3.8, 4) is 5.75 Å².